The molecular weight excluding hydrogens is 224 g/mol. The van der Waals surface area contributed by atoms with Crippen LogP contribution in [-0.2, 0) is 9.84 Å². The van der Waals surface area contributed by atoms with Crippen LogP contribution in [0.1, 0.15) is 17.2 Å². The summed E-state index contributed by atoms with van der Waals surface area (Å²) in [5, 5.41) is 8.82. The van der Waals surface area contributed by atoms with E-state index in [1.54, 1.807) is 30.3 Å². The Hall–Kier alpha value is -1.31. The minimum absolute atomic E-state index is 0.0205. The molecule has 0 bridgehead atoms. The molecule has 16 heavy (non-hydrogen) atoms. The highest BCUT2D eigenvalue weighted by atomic mass is 32.2. The fourth-order valence-electron chi connectivity index (χ4n) is 1.63. The summed E-state index contributed by atoms with van der Waals surface area (Å²) < 4.78 is 23.2. The zero-order valence-corrected chi connectivity index (χ0v) is 9.81. The Kier molecular flexibility index (Phi) is 4.11. The summed E-state index contributed by atoms with van der Waals surface area (Å²) in [4.78, 5) is 0. The molecule has 1 N–H and O–H groups in total. The Balaban J connectivity index is 3.13. The Bertz CT molecular complexity index is 471. The molecule has 0 aliphatic rings. The third-order valence-corrected chi connectivity index (χ3v) is 3.77. The first kappa shape index (κ1) is 12.8. The van der Waals surface area contributed by atoms with Gasteiger partial charge in [-0.3, -0.25) is 0 Å². The van der Waals surface area contributed by atoms with Crippen molar-refractivity contribution in [1.29, 1.82) is 0 Å². The molecule has 1 rings (SSSR count). The zero-order valence-electron chi connectivity index (χ0n) is 9.00. The molecule has 0 aliphatic carbocycles. The van der Waals surface area contributed by atoms with Crippen molar-refractivity contribution >= 4 is 9.84 Å². The number of benzene rings is 1. The van der Waals surface area contributed by atoms with Crippen LogP contribution in [0.15, 0.2) is 30.3 Å². The van der Waals surface area contributed by atoms with Crippen molar-refractivity contribution < 1.29 is 13.5 Å². The number of sulfone groups is 1. The largest absolute Gasteiger partial charge is 0.390 e. The van der Waals surface area contributed by atoms with E-state index in [1.165, 1.54) is 0 Å². The van der Waals surface area contributed by atoms with Crippen LogP contribution in [0.2, 0.25) is 0 Å². The summed E-state index contributed by atoms with van der Waals surface area (Å²) in [6, 6.07) is 8.60. The fraction of sp³-hybridized carbons (Fsp3) is 0.333. The van der Waals surface area contributed by atoms with Crippen molar-refractivity contribution in [3.05, 3.63) is 35.9 Å². The molecule has 0 spiro atoms. The predicted molar refractivity (Wildman–Crippen MR) is 63.5 cm³/mol. The molecule has 0 radical (unpaired) electrons. The third-order valence-electron chi connectivity index (χ3n) is 2.27. The lowest BCUT2D eigenvalue weighted by Crippen LogP contribution is -2.25. The number of rotatable bonds is 4. The lowest BCUT2D eigenvalue weighted by Gasteiger charge is -2.20. The van der Waals surface area contributed by atoms with Gasteiger partial charge in [-0.25, -0.2) is 8.42 Å². The zero-order chi connectivity index (χ0) is 12.2. The van der Waals surface area contributed by atoms with Crippen LogP contribution in [0, 0.1) is 12.3 Å². The maximum atomic E-state index is 11.6. The van der Waals surface area contributed by atoms with Gasteiger partial charge in [-0.15, -0.1) is 12.3 Å². The number of terminal acetylenes is 1. The molecule has 0 saturated carbocycles. The Morgan fingerprint density at radius 2 is 1.94 bits per heavy atom. The Labute approximate surface area is 96.0 Å². The summed E-state index contributed by atoms with van der Waals surface area (Å²) in [6.45, 7) is 0. The number of hydrogen-bond acceptors (Lipinski definition) is 3. The second kappa shape index (κ2) is 5.15. The maximum Gasteiger partial charge on any atom is 0.157 e. The molecule has 86 valence electrons. The second-order valence-corrected chi connectivity index (χ2v) is 5.80. The molecule has 3 nitrogen and oxygen atoms in total. The van der Waals surface area contributed by atoms with Gasteiger partial charge in [0, 0.05) is 12.7 Å². The van der Waals surface area contributed by atoms with Crippen LogP contribution >= 0.6 is 0 Å². The van der Waals surface area contributed by atoms with Gasteiger partial charge in [0.1, 0.15) is 5.25 Å². The molecule has 4 heteroatoms. The van der Waals surface area contributed by atoms with Gasteiger partial charge in [0.25, 0.3) is 0 Å². The molecule has 2 unspecified atom stereocenters. The van der Waals surface area contributed by atoms with Crippen LogP contribution < -0.4 is 0 Å². The highest BCUT2D eigenvalue weighted by Crippen LogP contribution is 2.26. The van der Waals surface area contributed by atoms with E-state index in [2.05, 4.69) is 5.92 Å². The van der Waals surface area contributed by atoms with Gasteiger partial charge in [0.05, 0.1) is 6.10 Å². The molecule has 2 atom stereocenters. The highest BCUT2D eigenvalue weighted by molar-refractivity contribution is 7.91. The predicted octanol–water partition coefficient (Wildman–Crippen LogP) is 1.16. The van der Waals surface area contributed by atoms with Crippen molar-refractivity contribution in [1.82, 2.24) is 0 Å². The summed E-state index contributed by atoms with van der Waals surface area (Å²) in [5.41, 5.74) is 0.563. The molecule has 0 amide bonds. The van der Waals surface area contributed by atoms with Crippen LogP contribution in [0.3, 0.4) is 0 Å². The topological polar surface area (TPSA) is 54.4 Å². The minimum Gasteiger partial charge on any atom is -0.390 e. The van der Waals surface area contributed by atoms with E-state index in [-0.39, 0.29) is 6.42 Å². The standard InChI is InChI=1S/C12H14O3S/c1-3-7-11(13)12(16(2,14)15)10-8-5-4-6-9-10/h1,4-6,8-9,11-13H,7H2,2H3. The summed E-state index contributed by atoms with van der Waals surface area (Å²) >= 11 is 0. The average Bonchev–Trinajstić information content (AvgIpc) is 2.17. The molecule has 1 aromatic rings. The van der Waals surface area contributed by atoms with Gasteiger partial charge in [-0.2, -0.15) is 0 Å². The fourth-order valence-corrected chi connectivity index (χ4v) is 2.94. The highest BCUT2D eigenvalue weighted by Gasteiger charge is 2.29. The lowest BCUT2D eigenvalue weighted by molar-refractivity contribution is 0.174. The molecule has 0 heterocycles. The number of hydrogen-bond donors (Lipinski definition) is 1. The van der Waals surface area contributed by atoms with E-state index in [0.717, 1.165) is 6.26 Å². The first-order valence-corrected chi connectivity index (χ1v) is 6.77. The van der Waals surface area contributed by atoms with Gasteiger partial charge in [0.15, 0.2) is 9.84 Å². The second-order valence-electron chi connectivity index (χ2n) is 3.64. The van der Waals surface area contributed by atoms with Gasteiger partial charge in [-0.1, -0.05) is 30.3 Å². The first-order valence-electron chi connectivity index (χ1n) is 4.82. The Morgan fingerprint density at radius 3 is 2.38 bits per heavy atom. The van der Waals surface area contributed by atoms with E-state index < -0.39 is 21.2 Å². The summed E-state index contributed by atoms with van der Waals surface area (Å²) in [7, 11) is -3.38. The van der Waals surface area contributed by atoms with Gasteiger partial charge in [0.2, 0.25) is 0 Å². The first-order chi connectivity index (χ1) is 7.46. The molecule has 1 aromatic carbocycles. The minimum atomic E-state index is -3.38. The average molecular weight is 238 g/mol. The van der Waals surface area contributed by atoms with Crippen LogP contribution in [-0.4, -0.2) is 25.9 Å². The maximum absolute atomic E-state index is 11.6. The van der Waals surface area contributed by atoms with Gasteiger partial charge in [-0.05, 0) is 5.56 Å². The van der Waals surface area contributed by atoms with Gasteiger partial charge >= 0.3 is 0 Å². The van der Waals surface area contributed by atoms with Crippen molar-refractivity contribution in [2.24, 2.45) is 0 Å². The van der Waals surface area contributed by atoms with E-state index in [1.807, 2.05) is 0 Å². The Morgan fingerprint density at radius 1 is 1.38 bits per heavy atom. The smallest absolute Gasteiger partial charge is 0.157 e. The molecule has 0 aromatic heterocycles. The van der Waals surface area contributed by atoms with Gasteiger partial charge < -0.3 is 5.11 Å². The number of aliphatic hydroxyl groups is 1. The quantitative estimate of drug-likeness (QED) is 0.801. The van der Waals surface area contributed by atoms with E-state index in [4.69, 9.17) is 6.42 Å². The summed E-state index contributed by atoms with van der Waals surface area (Å²) in [6.07, 6.45) is 5.14. The van der Waals surface area contributed by atoms with Crippen molar-refractivity contribution in [2.75, 3.05) is 6.26 Å². The monoisotopic (exact) mass is 238 g/mol. The summed E-state index contributed by atoms with van der Waals surface area (Å²) in [5.74, 6) is 2.28. The SMILES string of the molecule is C#CCC(O)C(c1ccccc1)S(C)(=O)=O. The van der Waals surface area contributed by atoms with Crippen LogP contribution in [0.25, 0.3) is 0 Å². The van der Waals surface area contributed by atoms with Crippen molar-refractivity contribution in [3.63, 3.8) is 0 Å². The normalized spacial score (nSPS) is 15.1. The third kappa shape index (κ3) is 3.09. The van der Waals surface area contributed by atoms with Crippen molar-refractivity contribution in [3.8, 4) is 12.3 Å². The molecule has 0 fully saturated rings. The molecular formula is C12H14O3S. The van der Waals surface area contributed by atoms with Crippen LogP contribution in [0.4, 0.5) is 0 Å². The van der Waals surface area contributed by atoms with E-state index in [9.17, 15) is 13.5 Å². The molecule has 0 aliphatic heterocycles. The van der Waals surface area contributed by atoms with E-state index >= 15 is 0 Å². The number of aliphatic hydroxyl groups excluding tert-OH is 1. The lowest BCUT2D eigenvalue weighted by atomic mass is 10.1. The van der Waals surface area contributed by atoms with Crippen molar-refractivity contribution in [2.45, 2.75) is 17.8 Å². The van der Waals surface area contributed by atoms with E-state index in [0.29, 0.717) is 5.56 Å². The molecule has 0 saturated heterocycles. The van der Waals surface area contributed by atoms with Crippen LogP contribution in [0.5, 0.6) is 0 Å².